The summed E-state index contributed by atoms with van der Waals surface area (Å²) < 4.78 is 19.5. The first kappa shape index (κ1) is 12.0. The minimum atomic E-state index is -0.557. The van der Waals surface area contributed by atoms with Crippen LogP contribution in [0.5, 0.6) is 0 Å². The molecule has 0 radical (unpaired) electrons. The molecule has 0 unspecified atom stereocenters. The second-order valence-electron chi connectivity index (χ2n) is 3.57. The number of halogens is 2. The van der Waals surface area contributed by atoms with E-state index in [1.165, 1.54) is 12.1 Å². The standard InChI is InChI=1S/C13H10BrFO2/c1-2-9-4-6-12(17-9)13(16)10-5-3-8(14)7-11(10)15/h3-7H,2H2,1H3. The molecule has 17 heavy (non-hydrogen) atoms. The maximum absolute atomic E-state index is 13.6. The number of furan rings is 1. The minimum Gasteiger partial charge on any atom is -0.458 e. The van der Waals surface area contributed by atoms with Gasteiger partial charge in [0.1, 0.15) is 11.6 Å². The van der Waals surface area contributed by atoms with Gasteiger partial charge in [-0.15, -0.1) is 0 Å². The molecule has 2 nitrogen and oxygen atoms in total. The third kappa shape index (κ3) is 2.47. The van der Waals surface area contributed by atoms with Crippen molar-refractivity contribution in [1.82, 2.24) is 0 Å². The van der Waals surface area contributed by atoms with E-state index in [1.807, 2.05) is 6.92 Å². The molecule has 2 aromatic rings. The minimum absolute atomic E-state index is 0.0187. The van der Waals surface area contributed by atoms with Crippen molar-refractivity contribution < 1.29 is 13.6 Å². The Morgan fingerprint density at radius 1 is 1.35 bits per heavy atom. The van der Waals surface area contributed by atoms with E-state index in [9.17, 15) is 9.18 Å². The molecule has 0 N–H and O–H groups in total. The molecule has 88 valence electrons. The van der Waals surface area contributed by atoms with E-state index in [0.29, 0.717) is 16.7 Å². The second kappa shape index (κ2) is 4.84. The Balaban J connectivity index is 2.36. The van der Waals surface area contributed by atoms with Gasteiger partial charge >= 0.3 is 0 Å². The largest absolute Gasteiger partial charge is 0.458 e. The lowest BCUT2D eigenvalue weighted by atomic mass is 10.1. The normalized spacial score (nSPS) is 10.5. The molecule has 0 atom stereocenters. The summed E-state index contributed by atoms with van der Waals surface area (Å²) in [5.74, 6) is -0.109. The average molecular weight is 297 g/mol. The lowest BCUT2D eigenvalue weighted by Gasteiger charge is -2.00. The van der Waals surface area contributed by atoms with Crippen molar-refractivity contribution in [3.05, 3.63) is 57.7 Å². The maximum atomic E-state index is 13.6. The summed E-state index contributed by atoms with van der Waals surface area (Å²) in [6.45, 7) is 1.92. The number of ketones is 1. The first-order valence-corrected chi connectivity index (χ1v) is 5.99. The molecule has 0 aliphatic heterocycles. The average Bonchev–Trinajstić information content (AvgIpc) is 2.76. The molecule has 0 saturated carbocycles. The zero-order valence-corrected chi connectivity index (χ0v) is 10.8. The highest BCUT2D eigenvalue weighted by molar-refractivity contribution is 9.10. The van der Waals surface area contributed by atoms with Crippen LogP contribution in [0.15, 0.2) is 39.2 Å². The van der Waals surface area contributed by atoms with Crippen molar-refractivity contribution in [3.8, 4) is 0 Å². The van der Waals surface area contributed by atoms with Crippen molar-refractivity contribution in [1.29, 1.82) is 0 Å². The summed E-state index contributed by atoms with van der Waals surface area (Å²) in [6.07, 6.45) is 0.704. The molecular weight excluding hydrogens is 287 g/mol. The fraction of sp³-hybridized carbons (Fsp3) is 0.154. The van der Waals surface area contributed by atoms with Crippen LogP contribution in [0, 0.1) is 5.82 Å². The van der Waals surface area contributed by atoms with Crippen LogP contribution in [0.2, 0.25) is 0 Å². The first-order valence-electron chi connectivity index (χ1n) is 5.20. The van der Waals surface area contributed by atoms with Crippen LogP contribution in [-0.2, 0) is 6.42 Å². The number of rotatable bonds is 3. The molecule has 1 heterocycles. The molecule has 0 bridgehead atoms. The monoisotopic (exact) mass is 296 g/mol. The van der Waals surface area contributed by atoms with Gasteiger partial charge in [-0.3, -0.25) is 4.79 Å². The van der Waals surface area contributed by atoms with Crippen molar-refractivity contribution in [2.24, 2.45) is 0 Å². The number of carbonyl (C=O) groups is 1. The highest BCUT2D eigenvalue weighted by atomic mass is 79.9. The molecule has 4 heteroatoms. The number of hydrogen-bond donors (Lipinski definition) is 0. The van der Waals surface area contributed by atoms with Gasteiger partial charge in [0.15, 0.2) is 5.76 Å². The van der Waals surface area contributed by atoms with E-state index in [2.05, 4.69) is 15.9 Å². The van der Waals surface area contributed by atoms with Crippen molar-refractivity contribution in [2.45, 2.75) is 13.3 Å². The quantitative estimate of drug-likeness (QED) is 0.802. The number of hydrogen-bond acceptors (Lipinski definition) is 2. The summed E-state index contributed by atoms with van der Waals surface area (Å²) in [4.78, 5) is 12.0. The zero-order valence-electron chi connectivity index (χ0n) is 9.17. The number of aryl methyl sites for hydroxylation is 1. The summed E-state index contributed by atoms with van der Waals surface area (Å²) >= 11 is 3.14. The number of benzene rings is 1. The zero-order chi connectivity index (χ0) is 12.4. The van der Waals surface area contributed by atoms with Gasteiger partial charge in [0.25, 0.3) is 0 Å². The van der Waals surface area contributed by atoms with E-state index >= 15 is 0 Å². The van der Waals surface area contributed by atoms with Gasteiger partial charge in [-0.1, -0.05) is 22.9 Å². The Labute approximate surface area is 107 Å². The van der Waals surface area contributed by atoms with E-state index in [1.54, 1.807) is 18.2 Å². The molecule has 0 spiro atoms. The summed E-state index contributed by atoms with van der Waals surface area (Å²) in [7, 11) is 0. The lowest BCUT2D eigenvalue weighted by molar-refractivity contribution is 0.100. The van der Waals surface area contributed by atoms with E-state index in [0.717, 1.165) is 0 Å². The highest BCUT2D eigenvalue weighted by Crippen LogP contribution is 2.19. The Morgan fingerprint density at radius 3 is 2.71 bits per heavy atom. The van der Waals surface area contributed by atoms with Crippen LogP contribution < -0.4 is 0 Å². The van der Waals surface area contributed by atoms with E-state index in [4.69, 9.17) is 4.42 Å². The number of carbonyl (C=O) groups excluding carboxylic acids is 1. The van der Waals surface area contributed by atoms with Crippen LogP contribution in [0.4, 0.5) is 4.39 Å². The fourth-order valence-corrected chi connectivity index (χ4v) is 1.83. The molecule has 1 aromatic heterocycles. The van der Waals surface area contributed by atoms with Crippen molar-refractivity contribution >= 4 is 21.7 Å². The van der Waals surface area contributed by atoms with Crippen LogP contribution in [0.3, 0.4) is 0 Å². The maximum Gasteiger partial charge on any atom is 0.231 e. The van der Waals surface area contributed by atoms with Gasteiger partial charge in [0.05, 0.1) is 5.56 Å². The Kier molecular flexibility index (Phi) is 3.43. The summed E-state index contributed by atoms with van der Waals surface area (Å²) in [5.41, 5.74) is 0.0187. The highest BCUT2D eigenvalue weighted by Gasteiger charge is 2.17. The molecule has 2 rings (SSSR count). The molecule has 0 fully saturated rings. The predicted molar refractivity (Wildman–Crippen MR) is 65.6 cm³/mol. The van der Waals surface area contributed by atoms with E-state index in [-0.39, 0.29) is 11.3 Å². The summed E-state index contributed by atoms with van der Waals surface area (Å²) in [6, 6.07) is 7.62. The van der Waals surface area contributed by atoms with Gasteiger partial charge in [0.2, 0.25) is 5.78 Å². The first-order chi connectivity index (χ1) is 8.11. The van der Waals surface area contributed by atoms with E-state index < -0.39 is 11.6 Å². The van der Waals surface area contributed by atoms with Crippen molar-refractivity contribution in [2.75, 3.05) is 0 Å². The molecular formula is C13H10BrFO2. The Bertz CT molecular complexity index is 560. The Hall–Kier alpha value is -1.42. The molecule has 0 aliphatic carbocycles. The van der Waals surface area contributed by atoms with Gasteiger partial charge in [-0.25, -0.2) is 4.39 Å². The van der Waals surface area contributed by atoms with Gasteiger partial charge in [0, 0.05) is 10.9 Å². The summed E-state index contributed by atoms with van der Waals surface area (Å²) in [5, 5.41) is 0. The van der Waals surface area contributed by atoms with Gasteiger partial charge < -0.3 is 4.42 Å². The van der Waals surface area contributed by atoms with Crippen LogP contribution in [0.25, 0.3) is 0 Å². The third-order valence-corrected chi connectivity index (χ3v) is 2.90. The molecule has 0 amide bonds. The second-order valence-corrected chi connectivity index (χ2v) is 4.49. The van der Waals surface area contributed by atoms with Gasteiger partial charge in [-0.05, 0) is 30.3 Å². The topological polar surface area (TPSA) is 30.2 Å². The molecule has 0 aliphatic rings. The third-order valence-electron chi connectivity index (χ3n) is 2.41. The molecule has 1 aromatic carbocycles. The van der Waals surface area contributed by atoms with Crippen LogP contribution >= 0.6 is 15.9 Å². The smallest absolute Gasteiger partial charge is 0.231 e. The molecule has 0 saturated heterocycles. The SMILES string of the molecule is CCc1ccc(C(=O)c2ccc(Br)cc2F)o1. The van der Waals surface area contributed by atoms with Gasteiger partial charge in [-0.2, -0.15) is 0 Å². The Morgan fingerprint density at radius 2 is 2.12 bits per heavy atom. The predicted octanol–water partition coefficient (Wildman–Crippen LogP) is 3.97. The van der Waals surface area contributed by atoms with Crippen LogP contribution in [0.1, 0.15) is 28.8 Å². The van der Waals surface area contributed by atoms with Crippen molar-refractivity contribution in [3.63, 3.8) is 0 Å². The van der Waals surface area contributed by atoms with Crippen LogP contribution in [-0.4, -0.2) is 5.78 Å². The lowest BCUT2D eigenvalue weighted by Crippen LogP contribution is -2.02. The fourth-order valence-electron chi connectivity index (χ4n) is 1.50.